The fraction of sp³-hybridized carbons (Fsp3) is 0.286. The van der Waals surface area contributed by atoms with Gasteiger partial charge >= 0.3 is 5.97 Å². The zero-order valence-corrected chi connectivity index (χ0v) is 16.5. The Kier molecular flexibility index (Phi) is 5.99. The molecule has 0 unspecified atom stereocenters. The number of benzene rings is 2. The van der Waals surface area contributed by atoms with Gasteiger partial charge in [-0.3, -0.25) is 14.4 Å². The number of carbonyl (C=O) groups excluding carboxylic acids is 3. The minimum absolute atomic E-state index is 0.0454. The lowest BCUT2D eigenvalue weighted by atomic mass is 10.1. The first-order chi connectivity index (χ1) is 13.3. The summed E-state index contributed by atoms with van der Waals surface area (Å²) in [7, 11) is 0. The average molecular weight is 401 g/mol. The molecule has 6 nitrogen and oxygen atoms in total. The molecule has 0 spiro atoms. The minimum atomic E-state index is -0.612. The molecule has 28 heavy (non-hydrogen) atoms. The Labute approximate surface area is 168 Å². The van der Waals surface area contributed by atoms with Crippen molar-refractivity contribution in [2.45, 2.75) is 20.3 Å². The van der Waals surface area contributed by atoms with Gasteiger partial charge in [-0.25, -0.2) is 0 Å². The maximum absolute atomic E-state index is 12.3. The van der Waals surface area contributed by atoms with E-state index in [0.717, 1.165) is 11.1 Å². The molecule has 7 heteroatoms. The number of amides is 2. The molecule has 0 aromatic heterocycles. The second-order valence-corrected chi connectivity index (χ2v) is 7.22. The number of nitrogens with zero attached hydrogens (tertiary/aromatic N) is 1. The Balaban J connectivity index is 1.55. The number of anilines is 2. The Hall–Kier alpha value is -2.86. The number of aryl methyl sites for hydroxylation is 2. The molecule has 3 rings (SSSR count). The topological polar surface area (TPSA) is 75.7 Å². The summed E-state index contributed by atoms with van der Waals surface area (Å²) < 4.78 is 5.12. The standard InChI is InChI=1S/C21H21ClN2O4/c1-13-7-8-16(10-17(13)22)24-11-15(9-20(24)26)21(27)28-12-19(25)23-18-6-4-3-5-14(18)2/h3-8,10,15H,9,11-12H2,1-2H3,(H,23,25)/t15-/m0/s1. The largest absolute Gasteiger partial charge is 0.455 e. The smallest absolute Gasteiger partial charge is 0.311 e. The number of halogens is 1. The number of hydrogen-bond acceptors (Lipinski definition) is 4. The summed E-state index contributed by atoms with van der Waals surface area (Å²) in [4.78, 5) is 38.1. The van der Waals surface area contributed by atoms with Crippen molar-refractivity contribution < 1.29 is 19.1 Å². The highest BCUT2D eigenvalue weighted by atomic mass is 35.5. The van der Waals surface area contributed by atoms with Gasteiger partial charge in [0.05, 0.1) is 5.92 Å². The molecule has 1 aliphatic rings. The van der Waals surface area contributed by atoms with Crippen molar-refractivity contribution in [2.24, 2.45) is 5.92 Å². The van der Waals surface area contributed by atoms with E-state index >= 15 is 0 Å². The van der Waals surface area contributed by atoms with Crippen LogP contribution in [0.3, 0.4) is 0 Å². The fourth-order valence-electron chi connectivity index (χ4n) is 3.02. The monoisotopic (exact) mass is 400 g/mol. The maximum Gasteiger partial charge on any atom is 0.311 e. The van der Waals surface area contributed by atoms with E-state index in [1.54, 1.807) is 18.2 Å². The molecule has 0 saturated carbocycles. The summed E-state index contributed by atoms with van der Waals surface area (Å²) in [5.41, 5.74) is 3.14. The van der Waals surface area contributed by atoms with Crippen LogP contribution in [0.5, 0.6) is 0 Å². The first-order valence-electron chi connectivity index (χ1n) is 8.94. The van der Waals surface area contributed by atoms with Gasteiger partial charge in [0, 0.05) is 29.4 Å². The van der Waals surface area contributed by atoms with Gasteiger partial charge in [-0.15, -0.1) is 0 Å². The number of hydrogen-bond donors (Lipinski definition) is 1. The summed E-state index contributed by atoms with van der Waals surface area (Å²) in [6, 6.07) is 12.7. The number of para-hydroxylation sites is 1. The van der Waals surface area contributed by atoms with Crippen LogP contribution < -0.4 is 10.2 Å². The van der Waals surface area contributed by atoms with Crippen molar-refractivity contribution >= 4 is 40.8 Å². The van der Waals surface area contributed by atoms with E-state index in [9.17, 15) is 14.4 Å². The Bertz CT molecular complexity index is 928. The van der Waals surface area contributed by atoms with Crippen LogP contribution in [0.2, 0.25) is 5.02 Å². The van der Waals surface area contributed by atoms with E-state index in [2.05, 4.69) is 5.32 Å². The molecule has 146 valence electrons. The molecule has 2 aromatic carbocycles. The molecule has 1 fully saturated rings. The van der Waals surface area contributed by atoms with Crippen molar-refractivity contribution in [3.8, 4) is 0 Å². The molecule has 1 heterocycles. The van der Waals surface area contributed by atoms with Gasteiger partial charge in [-0.1, -0.05) is 35.9 Å². The highest BCUT2D eigenvalue weighted by molar-refractivity contribution is 6.31. The van der Waals surface area contributed by atoms with E-state index in [-0.39, 0.29) is 18.9 Å². The third-order valence-corrected chi connectivity index (χ3v) is 5.10. The Morgan fingerprint density at radius 1 is 1.18 bits per heavy atom. The molecule has 0 aliphatic carbocycles. The predicted molar refractivity (Wildman–Crippen MR) is 107 cm³/mol. The van der Waals surface area contributed by atoms with Crippen molar-refractivity contribution in [1.29, 1.82) is 0 Å². The zero-order chi connectivity index (χ0) is 20.3. The van der Waals surface area contributed by atoms with Crippen molar-refractivity contribution in [1.82, 2.24) is 0 Å². The Morgan fingerprint density at radius 2 is 1.93 bits per heavy atom. The minimum Gasteiger partial charge on any atom is -0.455 e. The fourth-order valence-corrected chi connectivity index (χ4v) is 3.19. The van der Waals surface area contributed by atoms with E-state index < -0.39 is 24.4 Å². The van der Waals surface area contributed by atoms with Gasteiger partial charge in [-0.05, 0) is 43.2 Å². The number of nitrogens with one attached hydrogen (secondary N) is 1. The molecule has 1 aliphatic heterocycles. The Morgan fingerprint density at radius 3 is 2.64 bits per heavy atom. The summed E-state index contributed by atoms with van der Waals surface area (Å²) >= 11 is 6.13. The lowest BCUT2D eigenvalue weighted by molar-refractivity contribution is -0.151. The first-order valence-corrected chi connectivity index (χ1v) is 9.31. The second-order valence-electron chi connectivity index (χ2n) is 6.81. The van der Waals surface area contributed by atoms with E-state index in [0.29, 0.717) is 16.4 Å². The number of ether oxygens (including phenoxy) is 1. The van der Waals surface area contributed by atoms with Gasteiger partial charge in [0.2, 0.25) is 5.91 Å². The van der Waals surface area contributed by atoms with E-state index in [1.165, 1.54) is 4.90 Å². The van der Waals surface area contributed by atoms with Crippen LogP contribution in [0.15, 0.2) is 42.5 Å². The molecule has 2 aromatic rings. The van der Waals surface area contributed by atoms with Crippen molar-refractivity contribution in [3.05, 3.63) is 58.6 Å². The molecule has 0 radical (unpaired) electrons. The van der Waals surface area contributed by atoms with E-state index in [4.69, 9.17) is 16.3 Å². The normalized spacial score (nSPS) is 16.2. The lowest BCUT2D eigenvalue weighted by Gasteiger charge is -2.17. The quantitative estimate of drug-likeness (QED) is 0.779. The van der Waals surface area contributed by atoms with Gasteiger partial charge in [0.25, 0.3) is 5.91 Å². The van der Waals surface area contributed by atoms with Gasteiger partial charge in [-0.2, -0.15) is 0 Å². The van der Waals surface area contributed by atoms with Crippen LogP contribution in [0, 0.1) is 19.8 Å². The maximum atomic E-state index is 12.3. The first kappa shape index (κ1) is 19.9. The summed E-state index contributed by atoms with van der Waals surface area (Å²) in [5, 5.41) is 3.26. The molecular weight excluding hydrogens is 380 g/mol. The van der Waals surface area contributed by atoms with Gasteiger partial charge in [0.15, 0.2) is 6.61 Å². The predicted octanol–water partition coefficient (Wildman–Crippen LogP) is 3.49. The SMILES string of the molecule is Cc1ccc(N2C[C@@H](C(=O)OCC(=O)Nc3ccccc3C)CC2=O)cc1Cl. The molecule has 1 N–H and O–H groups in total. The van der Waals surface area contributed by atoms with Crippen LogP contribution >= 0.6 is 11.6 Å². The van der Waals surface area contributed by atoms with Crippen LogP contribution in [0.25, 0.3) is 0 Å². The zero-order valence-electron chi connectivity index (χ0n) is 15.7. The third kappa shape index (κ3) is 4.51. The van der Waals surface area contributed by atoms with Crippen LogP contribution in [0.1, 0.15) is 17.5 Å². The van der Waals surface area contributed by atoms with Crippen molar-refractivity contribution in [3.63, 3.8) is 0 Å². The molecule has 1 atom stereocenters. The highest BCUT2D eigenvalue weighted by Crippen LogP contribution is 2.29. The van der Waals surface area contributed by atoms with Gasteiger partial charge in [0.1, 0.15) is 0 Å². The summed E-state index contributed by atoms with van der Waals surface area (Å²) in [6.07, 6.45) is 0.0454. The number of rotatable bonds is 5. The van der Waals surface area contributed by atoms with Crippen LogP contribution in [-0.4, -0.2) is 30.9 Å². The van der Waals surface area contributed by atoms with E-state index in [1.807, 2.05) is 38.1 Å². The average Bonchev–Trinajstić information content (AvgIpc) is 3.06. The van der Waals surface area contributed by atoms with Crippen molar-refractivity contribution in [2.75, 3.05) is 23.4 Å². The summed E-state index contributed by atoms with van der Waals surface area (Å²) in [5.74, 6) is -1.77. The number of carbonyl (C=O) groups is 3. The third-order valence-electron chi connectivity index (χ3n) is 4.69. The number of esters is 1. The summed E-state index contributed by atoms with van der Waals surface area (Å²) in [6.45, 7) is 3.56. The molecule has 1 saturated heterocycles. The molecular formula is C21H21ClN2O4. The lowest BCUT2D eigenvalue weighted by Crippen LogP contribution is -2.28. The van der Waals surface area contributed by atoms with Gasteiger partial charge < -0.3 is 15.0 Å². The molecule has 2 amide bonds. The van der Waals surface area contributed by atoms with Crippen LogP contribution in [0.4, 0.5) is 11.4 Å². The second kappa shape index (κ2) is 8.44. The highest BCUT2D eigenvalue weighted by Gasteiger charge is 2.36. The molecule has 0 bridgehead atoms. The van der Waals surface area contributed by atoms with Crippen LogP contribution in [-0.2, 0) is 19.1 Å².